The van der Waals surface area contributed by atoms with Crippen LogP contribution in [0.25, 0.3) is 12.2 Å². The third kappa shape index (κ3) is 3.65. The molecular formula is C14H9ClF3NO4. The van der Waals surface area contributed by atoms with Crippen LogP contribution in [-0.4, -0.2) is 29.3 Å². The molecule has 0 spiro atoms. The molecule has 1 unspecified atom stereocenters. The summed E-state index contributed by atoms with van der Waals surface area (Å²) in [5.74, 6) is -2.77. The fourth-order valence-electron chi connectivity index (χ4n) is 1.98. The Morgan fingerprint density at radius 3 is 2.52 bits per heavy atom. The standard InChI is InChI=1S/C14H9ClF3NO4/c15-9-4-6(1-2-10(19)20)3-7-5-8(13(21)22)12(14(16,17)18)23-11(7)9/h1-5,12H,(H2,19,20)(H,21,22). The van der Waals surface area contributed by atoms with Crippen LogP contribution in [0.5, 0.6) is 5.75 Å². The normalized spacial score (nSPS) is 17.4. The fourth-order valence-corrected chi connectivity index (χ4v) is 2.26. The van der Waals surface area contributed by atoms with Crippen LogP contribution in [0.3, 0.4) is 0 Å². The number of alkyl halides is 3. The molecule has 0 radical (unpaired) electrons. The molecule has 23 heavy (non-hydrogen) atoms. The Bertz CT molecular complexity index is 740. The first-order valence-corrected chi connectivity index (χ1v) is 6.46. The van der Waals surface area contributed by atoms with Gasteiger partial charge in [-0.15, -0.1) is 0 Å². The van der Waals surface area contributed by atoms with Crippen molar-refractivity contribution >= 4 is 35.6 Å². The van der Waals surface area contributed by atoms with E-state index in [0.717, 1.165) is 12.2 Å². The summed E-state index contributed by atoms with van der Waals surface area (Å²) in [7, 11) is 0. The van der Waals surface area contributed by atoms with Crippen molar-refractivity contribution in [1.29, 1.82) is 0 Å². The summed E-state index contributed by atoms with van der Waals surface area (Å²) in [6.45, 7) is 0. The molecule has 0 fully saturated rings. The van der Waals surface area contributed by atoms with E-state index in [9.17, 15) is 22.8 Å². The first-order chi connectivity index (χ1) is 10.6. The lowest BCUT2D eigenvalue weighted by Crippen LogP contribution is -2.40. The van der Waals surface area contributed by atoms with Crippen LogP contribution in [0.4, 0.5) is 13.2 Å². The minimum atomic E-state index is -4.91. The molecule has 3 N–H and O–H groups in total. The van der Waals surface area contributed by atoms with Crippen LogP contribution in [0.1, 0.15) is 11.1 Å². The molecule has 5 nitrogen and oxygen atoms in total. The number of carboxylic acids is 1. The Morgan fingerprint density at radius 2 is 2.00 bits per heavy atom. The minimum absolute atomic E-state index is 0.0551. The van der Waals surface area contributed by atoms with Gasteiger partial charge in [0.15, 0.2) is 0 Å². The smallest absolute Gasteiger partial charge is 0.430 e. The molecule has 0 aromatic heterocycles. The van der Waals surface area contributed by atoms with E-state index in [2.05, 4.69) is 0 Å². The number of carbonyl (C=O) groups excluding carboxylic acids is 1. The number of rotatable bonds is 3. The quantitative estimate of drug-likeness (QED) is 0.822. The maximum absolute atomic E-state index is 12.9. The topological polar surface area (TPSA) is 89.6 Å². The molecule has 9 heteroatoms. The number of benzene rings is 1. The summed E-state index contributed by atoms with van der Waals surface area (Å²) in [4.78, 5) is 21.8. The van der Waals surface area contributed by atoms with Crippen LogP contribution >= 0.6 is 11.6 Å². The third-order valence-corrected chi connectivity index (χ3v) is 3.19. The lowest BCUT2D eigenvalue weighted by atomic mass is 9.99. The van der Waals surface area contributed by atoms with Gasteiger partial charge in [0, 0.05) is 11.6 Å². The molecule has 122 valence electrons. The number of carboxylic acid groups (broad SMARTS) is 1. The lowest BCUT2D eigenvalue weighted by Gasteiger charge is -2.27. The van der Waals surface area contributed by atoms with Crippen LogP contribution in [-0.2, 0) is 9.59 Å². The van der Waals surface area contributed by atoms with Crippen LogP contribution in [0.2, 0.25) is 5.02 Å². The van der Waals surface area contributed by atoms with Crippen LogP contribution in [0, 0.1) is 0 Å². The second-order valence-corrected chi connectivity index (χ2v) is 5.01. The lowest BCUT2D eigenvalue weighted by molar-refractivity contribution is -0.187. The third-order valence-electron chi connectivity index (χ3n) is 2.91. The number of hydrogen-bond acceptors (Lipinski definition) is 3. The summed E-state index contributed by atoms with van der Waals surface area (Å²) in [5.41, 5.74) is 4.39. The monoisotopic (exact) mass is 347 g/mol. The van der Waals surface area contributed by atoms with Gasteiger partial charge >= 0.3 is 12.1 Å². The highest BCUT2D eigenvalue weighted by Gasteiger charge is 2.48. The number of primary amides is 1. The minimum Gasteiger partial charge on any atom is -0.478 e. The zero-order valence-corrected chi connectivity index (χ0v) is 12.0. The molecule has 1 aliphatic rings. The molecular weight excluding hydrogens is 339 g/mol. The van der Waals surface area contributed by atoms with Gasteiger partial charge in [-0.1, -0.05) is 11.6 Å². The molecule has 0 aliphatic carbocycles. The van der Waals surface area contributed by atoms with Crippen molar-refractivity contribution in [3.8, 4) is 5.75 Å². The van der Waals surface area contributed by atoms with E-state index in [0.29, 0.717) is 5.56 Å². The average Bonchev–Trinajstić information content (AvgIpc) is 2.42. The number of ether oxygens (including phenoxy) is 1. The Morgan fingerprint density at radius 1 is 1.35 bits per heavy atom. The van der Waals surface area contributed by atoms with Gasteiger partial charge in [-0.05, 0) is 29.8 Å². The summed E-state index contributed by atoms with van der Waals surface area (Å²) in [5, 5.41) is 8.80. The van der Waals surface area contributed by atoms with Gasteiger partial charge in [0.1, 0.15) is 5.75 Å². The Hall–Kier alpha value is -2.48. The number of nitrogens with two attached hydrogens (primary N) is 1. The summed E-state index contributed by atoms with van der Waals surface area (Å²) in [6.07, 6.45) is -4.36. The highest BCUT2D eigenvalue weighted by molar-refractivity contribution is 6.32. The van der Waals surface area contributed by atoms with Crippen molar-refractivity contribution in [2.45, 2.75) is 12.3 Å². The molecule has 2 rings (SSSR count). The predicted molar refractivity (Wildman–Crippen MR) is 75.8 cm³/mol. The largest absolute Gasteiger partial charge is 0.478 e. The zero-order chi connectivity index (χ0) is 17.4. The van der Waals surface area contributed by atoms with E-state index in [1.165, 1.54) is 18.2 Å². The second-order valence-electron chi connectivity index (χ2n) is 4.60. The zero-order valence-electron chi connectivity index (χ0n) is 11.2. The molecule has 0 saturated carbocycles. The van der Waals surface area contributed by atoms with Crippen molar-refractivity contribution in [2.75, 3.05) is 0 Å². The van der Waals surface area contributed by atoms with E-state index in [1.807, 2.05) is 0 Å². The van der Waals surface area contributed by atoms with Gasteiger partial charge in [0.2, 0.25) is 12.0 Å². The van der Waals surface area contributed by atoms with E-state index in [-0.39, 0.29) is 16.3 Å². The Kier molecular flexibility index (Phi) is 4.37. The van der Waals surface area contributed by atoms with Crippen LogP contribution < -0.4 is 10.5 Å². The molecule has 1 heterocycles. The highest BCUT2D eigenvalue weighted by atomic mass is 35.5. The summed E-state index contributed by atoms with van der Waals surface area (Å²) in [6, 6.07) is 2.60. The number of amides is 1. The maximum Gasteiger partial charge on any atom is 0.430 e. The molecule has 0 saturated heterocycles. The first kappa shape index (κ1) is 16.9. The van der Waals surface area contributed by atoms with Crippen molar-refractivity contribution in [2.24, 2.45) is 5.73 Å². The summed E-state index contributed by atoms with van der Waals surface area (Å²) >= 11 is 5.89. The van der Waals surface area contributed by atoms with Gasteiger partial charge in [0.25, 0.3) is 0 Å². The van der Waals surface area contributed by atoms with Gasteiger partial charge in [-0.2, -0.15) is 13.2 Å². The van der Waals surface area contributed by atoms with E-state index >= 15 is 0 Å². The van der Waals surface area contributed by atoms with Crippen LogP contribution in [0.15, 0.2) is 23.8 Å². The summed E-state index contributed by atoms with van der Waals surface area (Å²) < 4.78 is 43.6. The molecule has 1 aromatic carbocycles. The highest BCUT2D eigenvalue weighted by Crippen LogP contribution is 2.41. The van der Waals surface area contributed by atoms with Crippen molar-refractivity contribution < 1.29 is 32.6 Å². The van der Waals surface area contributed by atoms with Crippen molar-refractivity contribution in [1.82, 2.24) is 0 Å². The average molecular weight is 348 g/mol. The van der Waals surface area contributed by atoms with E-state index in [1.54, 1.807) is 0 Å². The number of fused-ring (bicyclic) bond motifs is 1. The molecule has 0 bridgehead atoms. The van der Waals surface area contributed by atoms with Gasteiger partial charge < -0.3 is 15.6 Å². The van der Waals surface area contributed by atoms with E-state index < -0.39 is 29.7 Å². The molecule has 1 aromatic rings. The fraction of sp³-hybridized carbons (Fsp3) is 0.143. The molecule has 1 aliphatic heterocycles. The van der Waals surface area contributed by atoms with Crippen molar-refractivity contribution in [3.63, 3.8) is 0 Å². The predicted octanol–water partition coefficient (Wildman–Crippen LogP) is 2.63. The van der Waals surface area contributed by atoms with Gasteiger partial charge in [-0.3, -0.25) is 4.79 Å². The first-order valence-electron chi connectivity index (χ1n) is 6.09. The van der Waals surface area contributed by atoms with Gasteiger partial charge in [-0.25, -0.2) is 4.79 Å². The second kappa shape index (κ2) is 5.96. The number of aliphatic carboxylic acids is 1. The van der Waals surface area contributed by atoms with Crippen molar-refractivity contribution in [3.05, 3.63) is 39.9 Å². The molecule has 1 amide bonds. The SMILES string of the molecule is NC(=O)C=Cc1cc(Cl)c2c(c1)C=C(C(=O)O)C(C(F)(F)F)O2. The Labute approximate surface area is 132 Å². The number of halogens is 4. The Balaban J connectivity index is 2.55. The van der Waals surface area contributed by atoms with Gasteiger partial charge in [0.05, 0.1) is 10.6 Å². The molecule has 1 atom stereocenters. The maximum atomic E-state index is 12.9. The van der Waals surface area contributed by atoms with E-state index in [4.69, 9.17) is 27.2 Å². The number of carbonyl (C=O) groups is 2. The number of hydrogen-bond donors (Lipinski definition) is 2.